The highest BCUT2D eigenvalue weighted by Gasteiger charge is 2.49. The molecule has 0 amide bonds. The van der Waals surface area contributed by atoms with Gasteiger partial charge in [-0.25, -0.2) is 0 Å². The molecule has 0 spiro atoms. The number of rotatable bonds is 2. The molecule has 0 saturated heterocycles. The monoisotopic (exact) mass is 797 g/mol. The van der Waals surface area contributed by atoms with E-state index in [1.807, 2.05) is 0 Å². The Morgan fingerprint density at radius 3 is 2.02 bits per heavy atom. The molecule has 1 unspecified atom stereocenters. The zero-order valence-electron chi connectivity index (χ0n) is 36.8. The minimum absolute atomic E-state index is 0.0828. The lowest BCUT2D eigenvalue weighted by Crippen LogP contribution is -2.46. The Morgan fingerprint density at radius 1 is 0.516 bits per heavy atom. The number of hydrogen-bond donors (Lipinski definition) is 1. The van der Waals surface area contributed by atoms with Crippen molar-refractivity contribution in [1.29, 1.82) is 0 Å². The number of nitrogens with zero attached hydrogens (tertiary/aromatic N) is 1. The van der Waals surface area contributed by atoms with Gasteiger partial charge in [-0.05, 0) is 132 Å². The minimum atomic E-state index is -0.378. The van der Waals surface area contributed by atoms with Crippen molar-refractivity contribution in [1.82, 2.24) is 0 Å². The summed E-state index contributed by atoms with van der Waals surface area (Å²) in [6.07, 6.45) is 2.38. The molecule has 5 aliphatic rings. The number of fused-ring (bicyclic) bond motifs is 11. The van der Waals surface area contributed by atoms with Crippen LogP contribution < -0.4 is 21.1 Å². The molecule has 0 aromatic heterocycles. The Hall–Kier alpha value is -6.32. The summed E-state index contributed by atoms with van der Waals surface area (Å²) in [5.74, 6) is 0. The summed E-state index contributed by atoms with van der Waals surface area (Å²) in [4.78, 5) is 2.67. The third-order valence-electron chi connectivity index (χ3n) is 16.1. The van der Waals surface area contributed by atoms with E-state index in [1.165, 1.54) is 135 Å². The third kappa shape index (κ3) is 4.51. The zero-order chi connectivity index (χ0) is 42.1. The van der Waals surface area contributed by atoms with E-state index >= 15 is 0 Å². The van der Waals surface area contributed by atoms with Crippen LogP contribution in [0, 0.1) is 0 Å². The summed E-state index contributed by atoms with van der Waals surface area (Å²) in [5, 5.41) is 6.69. The fraction of sp³-hybridized carbons (Fsp3) is 0.220. The lowest BCUT2D eigenvalue weighted by molar-refractivity contribution is 0.331. The smallest absolute Gasteiger partial charge is 0.197 e. The average Bonchev–Trinajstić information content (AvgIpc) is 3.55. The molecule has 13 rings (SSSR count). The molecule has 8 aromatic carbocycles. The van der Waals surface area contributed by atoms with E-state index < -0.39 is 0 Å². The molecular formula is C59H50BN2. The van der Waals surface area contributed by atoms with Gasteiger partial charge in [0, 0.05) is 33.5 Å². The molecule has 0 bridgehead atoms. The molecule has 299 valence electrons. The normalized spacial score (nSPS) is 19.4. The Labute approximate surface area is 366 Å². The van der Waals surface area contributed by atoms with Gasteiger partial charge in [0.15, 0.2) is 7.28 Å². The van der Waals surface area contributed by atoms with E-state index in [4.69, 9.17) is 0 Å². The van der Waals surface area contributed by atoms with E-state index in [1.54, 1.807) is 0 Å². The van der Waals surface area contributed by atoms with Crippen molar-refractivity contribution in [3.63, 3.8) is 0 Å². The fourth-order valence-corrected chi connectivity index (χ4v) is 12.8. The number of hydrogen-bond acceptors (Lipinski definition) is 2. The summed E-state index contributed by atoms with van der Waals surface area (Å²) in [6.45, 7) is 17.2. The van der Waals surface area contributed by atoms with Gasteiger partial charge in [0.25, 0.3) is 0 Å². The van der Waals surface area contributed by atoms with E-state index in [9.17, 15) is 0 Å². The van der Waals surface area contributed by atoms with Gasteiger partial charge >= 0.3 is 0 Å². The van der Waals surface area contributed by atoms with E-state index in [0.29, 0.717) is 0 Å². The van der Waals surface area contributed by atoms with Crippen LogP contribution in [0.1, 0.15) is 100 Å². The molecule has 8 aromatic rings. The maximum atomic E-state index is 4.17. The van der Waals surface area contributed by atoms with E-state index in [0.717, 1.165) is 0 Å². The highest BCUT2D eigenvalue weighted by Crippen LogP contribution is 2.63. The van der Waals surface area contributed by atoms with Gasteiger partial charge in [0.2, 0.25) is 0 Å². The van der Waals surface area contributed by atoms with E-state index in [2.05, 4.69) is 212 Å². The molecule has 0 fully saturated rings. The van der Waals surface area contributed by atoms with Gasteiger partial charge < -0.3 is 10.2 Å². The van der Waals surface area contributed by atoms with Gasteiger partial charge in [0.1, 0.15) is 0 Å². The van der Waals surface area contributed by atoms with Crippen LogP contribution in [0.3, 0.4) is 0 Å². The standard InChI is InChI=1S/C59H50BN2/c1-56(2)29-30-57(3,4)44-33-48-45(32-43(44)56)58(5,6)42-24-16-25-46-55(42)62(48)49-31-35-19-11-12-20-36(35)50(53(49)60-46)40-28-27-37(34-17-9-8-10-18-34)52-54(40)61-47-26-15-22-39-38-21-13-14-23-41(38)59(52,7)51(39)47/h8-28,31-33,61H,29-30H2,1-7H3. The van der Waals surface area contributed by atoms with Crippen LogP contribution >= 0.6 is 0 Å². The molecule has 62 heavy (non-hydrogen) atoms. The number of para-hydroxylation sites is 1. The van der Waals surface area contributed by atoms with Crippen LogP contribution in [0.25, 0.3) is 44.2 Å². The molecule has 2 nitrogen and oxygen atoms in total. The second-order valence-corrected chi connectivity index (χ2v) is 20.7. The largest absolute Gasteiger partial charge is 0.354 e. The number of nitrogens with one attached hydrogen (secondary N) is 1. The highest BCUT2D eigenvalue weighted by atomic mass is 15.2. The molecule has 3 aliphatic heterocycles. The third-order valence-corrected chi connectivity index (χ3v) is 16.1. The molecule has 2 aliphatic carbocycles. The molecule has 1 N–H and O–H groups in total. The van der Waals surface area contributed by atoms with Crippen LogP contribution in [-0.2, 0) is 21.7 Å². The first kappa shape index (κ1) is 36.3. The van der Waals surface area contributed by atoms with Crippen LogP contribution in [0.4, 0.5) is 28.4 Å². The molecule has 0 saturated carbocycles. The van der Waals surface area contributed by atoms with Crippen molar-refractivity contribution in [2.45, 2.75) is 83.0 Å². The van der Waals surface area contributed by atoms with Gasteiger partial charge in [0.05, 0.1) is 11.4 Å². The average molecular weight is 798 g/mol. The lowest BCUT2D eigenvalue weighted by atomic mass is 9.55. The quantitative estimate of drug-likeness (QED) is 0.175. The van der Waals surface area contributed by atoms with Gasteiger partial charge in [-0.2, -0.15) is 0 Å². The van der Waals surface area contributed by atoms with Crippen molar-refractivity contribution in [2.75, 3.05) is 10.2 Å². The van der Waals surface area contributed by atoms with Crippen LogP contribution in [0.15, 0.2) is 146 Å². The Morgan fingerprint density at radius 2 is 1.19 bits per heavy atom. The van der Waals surface area contributed by atoms with Gasteiger partial charge in [-0.1, -0.05) is 174 Å². The van der Waals surface area contributed by atoms with Crippen LogP contribution in [0.2, 0.25) is 0 Å². The van der Waals surface area contributed by atoms with E-state index in [-0.39, 0.29) is 21.7 Å². The van der Waals surface area contributed by atoms with Crippen molar-refractivity contribution in [3.8, 4) is 33.4 Å². The topological polar surface area (TPSA) is 15.3 Å². The van der Waals surface area contributed by atoms with Gasteiger partial charge in [-0.15, -0.1) is 0 Å². The first-order valence-corrected chi connectivity index (χ1v) is 22.7. The Balaban J connectivity index is 1.14. The molecule has 3 heteroatoms. The molecule has 1 radical (unpaired) electrons. The van der Waals surface area contributed by atoms with Crippen LogP contribution in [0.5, 0.6) is 0 Å². The predicted octanol–water partition coefficient (Wildman–Crippen LogP) is 14.0. The molecular weight excluding hydrogens is 747 g/mol. The highest BCUT2D eigenvalue weighted by molar-refractivity contribution is 6.74. The maximum absolute atomic E-state index is 4.17. The number of anilines is 5. The summed E-state index contributed by atoms with van der Waals surface area (Å²) in [6, 6.07) is 55.7. The Bertz CT molecular complexity index is 3300. The molecule has 1 atom stereocenters. The SMILES string of the molecule is CC1(C)CCC(C)(C)c2cc3c(cc21)N1c2cc4ccccc4c(-c4ccc(-c5ccccc5)c5c4Nc4cccc6c4C5(C)c4ccccc4-6)c2[B]c2cccc(c21)C3(C)C. The maximum Gasteiger partial charge on any atom is 0.197 e. The lowest BCUT2D eigenvalue weighted by Gasteiger charge is -2.49. The Kier molecular flexibility index (Phi) is 7.03. The van der Waals surface area contributed by atoms with Crippen molar-refractivity contribution >= 4 is 57.4 Å². The second-order valence-electron chi connectivity index (χ2n) is 20.7. The minimum Gasteiger partial charge on any atom is -0.354 e. The zero-order valence-corrected chi connectivity index (χ0v) is 36.8. The first-order valence-electron chi connectivity index (χ1n) is 22.7. The summed E-state index contributed by atoms with van der Waals surface area (Å²) in [7, 11) is 2.51. The predicted molar refractivity (Wildman–Crippen MR) is 263 cm³/mol. The summed E-state index contributed by atoms with van der Waals surface area (Å²) in [5.41, 5.74) is 26.0. The van der Waals surface area contributed by atoms with Crippen molar-refractivity contribution in [3.05, 3.63) is 185 Å². The first-order chi connectivity index (χ1) is 29.9. The van der Waals surface area contributed by atoms with Gasteiger partial charge in [-0.3, -0.25) is 0 Å². The number of benzene rings is 8. The summed E-state index contributed by atoms with van der Waals surface area (Å²) < 4.78 is 0. The second kappa shape index (κ2) is 12.0. The van der Waals surface area contributed by atoms with Crippen molar-refractivity contribution in [2.24, 2.45) is 0 Å². The van der Waals surface area contributed by atoms with Crippen LogP contribution in [-0.4, -0.2) is 7.28 Å². The molecule has 3 heterocycles. The fourth-order valence-electron chi connectivity index (χ4n) is 12.8. The van der Waals surface area contributed by atoms with Crippen molar-refractivity contribution < 1.29 is 0 Å². The summed E-state index contributed by atoms with van der Waals surface area (Å²) >= 11 is 0.